The van der Waals surface area contributed by atoms with Crippen LogP contribution < -0.4 is 5.32 Å². The summed E-state index contributed by atoms with van der Waals surface area (Å²) in [4.78, 5) is 5.80. The molecular weight excluding hydrogens is 204 g/mol. The number of unbranched alkanes of at least 4 members (excludes halogenated alkanes) is 1. The van der Waals surface area contributed by atoms with Crippen molar-refractivity contribution in [2.24, 2.45) is 0 Å². The maximum atomic E-state index is 5.25. The van der Waals surface area contributed by atoms with E-state index in [1.807, 2.05) is 7.05 Å². The van der Waals surface area contributed by atoms with Crippen molar-refractivity contribution >= 4 is 11.3 Å². The summed E-state index contributed by atoms with van der Waals surface area (Å²) in [6, 6.07) is 0.407. The molecule has 15 heavy (non-hydrogen) atoms. The summed E-state index contributed by atoms with van der Waals surface area (Å²) in [6.45, 7) is 4.12. The average molecular weight is 222 g/mol. The first kappa shape index (κ1) is 12.2. The van der Waals surface area contributed by atoms with Crippen molar-refractivity contribution in [1.29, 1.82) is 0 Å². The second-order valence-corrected chi connectivity index (χ2v) is 4.85. The number of rotatable bonds is 5. The fraction of sp³-hybridized carbons (Fsp3) is 0.583. The third-order valence-electron chi connectivity index (χ3n) is 2.42. The van der Waals surface area contributed by atoms with Crippen molar-refractivity contribution in [3.63, 3.8) is 0 Å². The maximum Gasteiger partial charge on any atom is 0.0900 e. The van der Waals surface area contributed by atoms with E-state index in [1.165, 1.54) is 4.88 Å². The lowest BCUT2D eigenvalue weighted by molar-refractivity contribution is 0.537. The fourth-order valence-corrected chi connectivity index (χ4v) is 2.76. The van der Waals surface area contributed by atoms with Crippen LogP contribution in [0.25, 0.3) is 0 Å². The van der Waals surface area contributed by atoms with Gasteiger partial charge in [-0.05, 0) is 33.7 Å². The van der Waals surface area contributed by atoms with E-state index in [9.17, 15) is 0 Å². The largest absolute Gasteiger partial charge is 0.312 e. The summed E-state index contributed by atoms with van der Waals surface area (Å²) in [5.74, 6) is 2.68. The molecule has 0 spiro atoms. The van der Waals surface area contributed by atoms with Crippen molar-refractivity contribution in [2.75, 3.05) is 7.05 Å². The van der Waals surface area contributed by atoms with Crippen LogP contribution in [0.2, 0.25) is 0 Å². The van der Waals surface area contributed by atoms with E-state index in [2.05, 4.69) is 30.1 Å². The van der Waals surface area contributed by atoms with Crippen LogP contribution in [0, 0.1) is 26.2 Å². The number of thiazole rings is 1. The number of hydrogen-bond donors (Lipinski definition) is 1. The molecule has 1 rings (SSSR count). The number of nitrogens with zero attached hydrogens (tertiary/aromatic N) is 1. The van der Waals surface area contributed by atoms with Gasteiger partial charge in [0.05, 0.1) is 10.7 Å². The van der Waals surface area contributed by atoms with Gasteiger partial charge in [0.25, 0.3) is 0 Å². The Hall–Kier alpha value is -0.850. The Kier molecular flexibility index (Phi) is 4.80. The van der Waals surface area contributed by atoms with Gasteiger partial charge in [0.15, 0.2) is 0 Å². The summed E-state index contributed by atoms with van der Waals surface area (Å²) in [5.41, 5.74) is 1.15. The lowest BCUT2D eigenvalue weighted by Gasteiger charge is -2.14. The highest BCUT2D eigenvalue weighted by Gasteiger charge is 2.14. The van der Waals surface area contributed by atoms with Gasteiger partial charge in [-0.15, -0.1) is 23.7 Å². The summed E-state index contributed by atoms with van der Waals surface area (Å²) in [5, 5.41) is 4.47. The van der Waals surface area contributed by atoms with Gasteiger partial charge < -0.3 is 5.32 Å². The zero-order chi connectivity index (χ0) is 11.3. The Morgan fingerprint density at radius 3 is 2.73 bits per heavy atom. The Labute approximate surface area is 96.1 Å². The van der Waals surface area contributed by atoms with E-state index in [0.717, 1.165) is 30.0 Å². The van der Waals surface area contributed by atoms with Crippen LogP contribution >= 0.6 is 11.3 Å². The molecule has 0 fully saturated rings. The third-order valence-corrected chi connectivity index (χ3v) is 3.60. The zero-order valence-corrected chi connectivity index (χ0v) is 10.4. The molecule has 0 radical (unpaired) electrons. The fourth-order valence-electron chi connectivity index (χ4n) is 1.69. The van der Waals surface area contributed by atoms with E-state index in [4.69, 9.17) is 6.42 Å². The smallest absolute Gasteiger partial charge is 0.0900 e. The number of aryl methyl sites for hydroxylation is 2. The Morgan fingerprint density at radius 1 is 1.53 bits per heavy atom. The van der Waals surface area contributed by atoms with Crippen molar-refractivity contribution in [1.82, 2.24) is 10.3 Å². The molecule has 1 N–H and O–H groups in total. The average Bonchev–Trinajstić information content (AvgIpc) is 2.53. The molecule has 0 aliphatic carbocycles. The normalized spacial score (nSPS) is 12.4. The highest BCUT2D eigenvalue weighted by molar-refractivity contribution is 7.11. The molecule has 2 nitrogen and oxygen atoms in total. The Bertz CT molecular complexity index is 349. The highest BCUT2D eigenvalue weighted by atomic mass is 32.1. The van der Waals surface area contributed by atoms with Gasteiger partial charge in [-0.1, -0.05) is 0 Å². The molecule has 1 unspecified atom stereocenters. The quantitative estimate of drug-likeness (QED) is 0.612. The van der Waals surface area contributed by atoms with Gasteiger partial charge in [-0.3, -0.25) is 0 Å². The van der Waals surface area contributed by atoms with Gasteiger partial charge in [0.2, 0.25) is 0 Å². The van der Waals surface area contributed by atoms with E-state index in [1.54, 1.807) is 11.3 Å². The van der Waals surface area contributed by atoms with Crippen LogP contribution in [0.5, 0.6) is 0 Å². The molecule has 82 valence electrons. The standard InChI is InChI=1S/C12H18N2S/c1-5-6-7-8-11(13-4)12-9(2)14-10(3)15-12/h1,11,13H,6-8H2,2-4H3. The number of hydrogen-bond acceptors (Lipinski definition) is 3. The van der Waals surface area contributed by atoms with Crippen LogP contribution in [0.15, 0.2) is 0 Å². The summed E-state index contributed by atoms with van der Waals surface area (Å²) in [7, 11) is 2.00. The molecule has 3 heteroatoms. The van der Waals surface area contributed by atoms with E-state index < -0.39 is 0 Å². The molecular formula is C12H18N2S. The first-order chi connectivity index (χ1) is 7.19. The lowest BCUT2D eigenvalue weighted by atomic mass is 10.1. The minimum absolute atomic E-state index is 0.407. The van der Waals surface area contributed by atoms with E-state index in [-0.39, 0.29) is 0 Å². The molecule has 1 heterocycles. The zero-order valence-electron chi connectivity index (χ0n) is 9.63. The summed E-state index contributed by atoms with van der Waals surface area (Å²) >= 11 is 1.78. The monoisotopic (exact) mass is 222 g/mol. The molecule has 0 aromatic carbocycles. The van der Waals surface area contributed by atoms with Gasteiger partial charge in [-0.2, -0.15) is 0 Å². The molecule has 0 amide bonds. The molecule has 1 aromatic rings. The number of aromatic nitrogens is 1. The molecule has 0 bridgehead atoms. The van der Waals surface area contributed by atoms with Gasteiger partial charge in [0, 0.05) is 17.3 Å². The van der Waals surface area contributed by atoms with Gasteiger partial charge >= 0.3 is 0 Å². The van der Waals surface area contributed by atoms with E-state index in [0.29, 0.717) is 6.04 Å². The second-order valence-electron chi connectivity index (χ2n) is 3.62. The molecule has 1 atom stereocenters. The minimum Gasteiger partial charge on any atom is -0.312 e. The van der Waals surface area contributed by atoms with Crippen molar-refractivity contribution in [3.8, 4) is 12.3 Å². The number of terminal acetylenes is 1. The summed E-state index contributed by atoms with van der Waals surface area (Å²) in [6.07, 6.45) is 8.26. The maximum absolute atomic E-state index is 5.25. The van der Waals surface area contributed by atoms with E-state index >= 15 is 0 Å². The predicted octanol–water partition coefficient (Wildman–Crippen LogP) is 2.82. The minimum atomic E-state index is 0.407. The van der Waals surface area contributed by atoms with Crippen LogP contribution in [-0.2, 0) is 0 Å². The van der Waals surface area contributed by atoms with Crippen molar-refractivity contribution in [2.45, 2.75) is 39.2 Å². The Balaban J connectivity index is 2.66. The van der Waals surface area contributed by atoms with Crippen LogP contribution in [-0.4, -0.2) is 12.0 Å². The van der Waals surface area contributed by atoms with Crippen LogP contribution in [0.1, 0.15) is 40.9 Å². The molecule has 0 saturated carbocycles. The highest BCUT2D eigenvalue weighted by Crippen LogP contribution is 2.27. The van der Waals surface area contributed by atoms with Crippen LogP contribution in [0.4, 0.5) is 0 Å². The topological polar surface area (TPSA) is 24.9 Å². The first-order valence-electron chi connectivity index (χ1n) is 5.23. The predicted molar refractivity (Wildman–Crippen MR) is 66.1 cm³/mol. The molecule has 1 aromatic heterocycles. The molecule has 0 saturated heterocycles. The summed E-state index contributed by atoms with van der Waals surface area (Å²) < 4.78 is 0. The first-order valence-corrected chi connectivity index (χ1v) is 6.05. The van der Waals surface area contributed by atoms with Gasteiger partial charge in [-0.25, -0.2) is 4.98 Å². The Morgan fingerprint density at radius 2 is 2.27 bits per heavy atom. The second kappa shape index (κ2) is 5.89. The lowest BCUT2D eigenvalue weighted by Crippen LogP contribution is -2.15. The third kappa shape index (κ3) is 3.33. The number of nitrogens with one attached hydrogen (secondary N) is 1. The molecule has 0 aliphatic heterocycles. The van der Waals surface area contributed by atoms with Crippen LogP contribution in [0.3, 0.4) is 0 Å². The van der Waals surface area contributed by atoms with Crippen molar-refractivity contribution in [3.05, 3.63) is 15.6 Å². The van der Waals surface area contributed by atoms with Gasteiger partial charge in [0.1, 0.15) is 0 Å². The molecule has 0 aliphatic rings. The van der Waals surface area contributed by atoms with Crippen molar-refractivity contribution < 1.29 is 0 Å². The SMILES string of the molecule is C#CCCCC(NC)c1sc(C)nc1C.